The fraction of sp³-hybridized carbons (Fsp3) is 0.294. The summed E-state index contributed by atoms with van der Waals surface area (Å²) in [4.78, 5) is 42.7. The molecule has 1 aromatic carbocycles. The highest BCUT2D eigenvalue weighted by Crippen LogP contribution is 2.12. The summed E-state index contributed by atoms with van der Waals surface area (Å²) in [6.07, 6.45) is 0.602. The van der Waals surface area contributed by atoms with E-state index in [4.69, 9.17) is 0 Å². The molecule has 1 aromatic heterocycles. The Morgan fingerprint density at radius 3 is 2.56 bits per heavy atom. The van der Waals surface area contributed by atoms with Crippen LogP contribution in [-0.2, 0) is 11.2 Å². The van der Waals surface area contributed by atoms with Gasteiger partial charge in [0.25, 0.3) is 11.5 Å². The minimum atomic E-state index is -0.396. The Morgan fingerprint density at radius 2 is 1.92 bits per heavy atom. The van der Waals surface area contributed by atoms with Crippen LogP contribution >= 0.6 is 11.8 Å². The molecule has 132 valence electrons. The molecule has 0 aliphatic heterocycles. The number of hydrogen-bond donors (Lipinski definition) is 3. The molecule has 0 unspecified atom stereocenters. The summed E-state index contributed by atoms with van der Waals surface area (Å²) in [6.45, 7) is 5.47. The smallest absolute Gasteiger partial charge is 0.269 e. The number of aryl methyl sites for hydroxylation is 2. The number of carbonyl (C=O) groups is 2. The second-order valence-corrected chi connectivity index (χ2v) is 6.36. The molecule has 3 N–H and O–H groups in total. The molecule has 0 spiro atoms. The molecule has 2 rings (SSSR count). The average molecular weight is 360 g/mol. The Morgan fingerprint density at radius 1 is 1.20 bits per heavy atom. The van der Waals surface area contributed by atoms with Crippen molar-refractivity contribution in [2.45, 2.75) is 32.3 Å². The van der Waals surface area contributed by atoms with Crippen LogP contribution < -0.4 is 16.4 Å². The zero-order chi connectivity index (χ0) is 18.4. The van der Waals surface area contributed by atoms with E-state index in [1.165, 1.54) is 0 Å². The lowest BCUT2D eigenvalue weighted by Gasteiger charge is -2.09. The van der Waals surface area contributed by atoms with Crippen LogP contribution in [0.25, 0.3) is 0 Å². The molecule has 0 aliphatic rings. The van der Waals surface area contributed by atoms with Crippen LogP contribution in [0.4, 0.5) is 0 Å². The van der Waals surface area contributed by atoms with E-state index in [-0.39, 0.29) is 17.2 Å². The minimum absolute atomic E-state index is 0.0158. The Labute approximate surface area is 149 Å². The van der Waals surface area contributed by atoms with Crippen molar-refractivity contribution >= 4 is 23.6 Å². The monoisotopic (exact) mass is 360 g/mol. The van der Waals surface area contributed by atoms with E-state index < -0.39 is 5.91 Å². The molecule has 0 saturated carbocycles. The first-order chi connectivity index (χ1) is 11.9. The number of hydrazine groups is 1. The number of thioether (sulfide) groups is 1. The van der Waals surface area contributed by atoms with E-state index in [2.05, 4.69) is 20.8 Å². The Hall–Kier alpha value is -2.61. The van der Waals surface area contributed by atoms with E-state index in [9.17, 15) is 14.4 Å². The van der Waals surface area contributed by atoms with Crippen molar-refractivity contribution in [1.29, 1.82) is 0 Å². The van der Waals surface area contributed by atoms with Gasteiger partial charge < -0.3 is 4.98 Å². The Balaban J connectivity index is 1.88. The maximum Gasteiger partial charge on any atom is 0.269 e. The maximum atomic E-state index is 12.0. The fourth-order valence-electron chi connectivity index (χ4n) is 2.26. The van der Waals surface area contributed by atoms with Crippen molar-refractivity contribution in [2.24, 2.45) is 0 Å². The lowest BCUT2D eigenvalue weighted by molar-refractivity contribution is -0.119. The van der Waals surface area contributed by atoms with E-state index in [1.54, 1.807) is 19.1 Å². The molecule has 0 radical (unpaired) electrons. The summed E-state index contributed by atoms with van der Waals surface area (Å²) in [7, 11) is 0. The molecule has 0 fully saturated rings. The predicted octanol–water partition coefficient (Wildman–Crippen LogP) is 1.50. The molecular formula is C17H20N4O3S. The molecule has 0 saturated heterocycles. The van der Waals surface area contributed by atoms with Crippen molar-refractivity contribution in [3.05, 3.63) is 57.0 Å². The predicted molar refractivity (Wildman–Crippen MR) is 96.5 cm³/mol. The van der Waals surface area contributed by atoms with Crippen LogP contribution in [-0.4, -0.2) is 27.5 Å². The van der Waals surface area contributed by atoms with Crippen molar-refractivity contribution in [3.63, 3.8) is 0 Å². The van der Waals surface area contributed by atoms with Gasteiger partial charge in [-0.1, -0.05) is 36.9 Å². The van der Waals surface area contributed by atoms with Gasteiger partial charge in [-0.2, -0.15) is 0 Å². The molecule has 0 atom stereocenters. The number of nitrogens with one attached hydrogen (secondary N) is 3. The first-order valence-electron chi connectivity index (χ1n) is 7.79. The molecule has 1 heterocycles. The van der Waals surface area contributed by atoms with E-state index in [0.29, 0.717) is 28.4 Å². The number of carbonyl (C=O) groups excluding carboxylic acids is 2. The summed E-state index contributed by atoms with van der Waals surface area (Å²) in [5.41, 5.74) is 7.14. The third-order valence-electron chi connectivity index (χ3n) is 3.60. The zero-order valence-electron chi connectivity index (χ0n) is 14.3. The summed E-state index contributed by atoms with van der Waals surface area (Å²) >= 11 is 1.10. The van der Waals surface area contributed by atoms with Gasteiger partial charge in [0, 0.05) is 16.8 Å². The summed E-state index contributed by atoms with van der Waals surface area (Å²) < 4.78 is 0. The van der Waals surface area contributed by atoms with E-state index in [0.717, 1.165) is 17.3 Å². The van der Waals surface area contributed by atoms with Gasteiger partial charge in [-0.15, -0.1) is 0 Å². The molecule has 25 heavy (non-hydrogen) atoms. The molecule has 7 nitrogen and oxygen atoms in total. The number of aromatic amines is 1. The number of amides is 2. The summed E-state index contributed by atoms with van der Waals surface area (Å²) in [6, 6.07) is 7.08. The Bertz CT molecular complexity index is 848. The highest BCUT2D eigenvalue weighted by molar-refractivity contribution is 7.99. The van der Waals surface area contributed by atoms with Crippen LogP contribution in [0, 0.1) is 13.8 Å². The summed E-state index contributed by atoms with van der Waals surface area (Å²) in [5.74, 6) is -0.764. The zero-order valence-corrected chi connectivity index (χ0v) is 15.1. The van der Waals surface area contributed by atoms with Crippen LogP contribution in [0.3, 0.4) is 0 Å². The topological polar surface area (TPSA) is 104 Å². The number of rotatable bonds is 5. The largest absolute Gasteiger partial charge is 0.301 e. The van der Waals surface area contributed by atoms with Crippen molar-refractivity contribution in [1.82, 2.24) is 20.8 Å². The quantitative estimate of drug-likeness (QED) is 0.426. The van der Waals surface area contributed by atoms with Gasteiger partial charge in [0.1, 0.15) is 0 Å². The molecular weight excluding hydrogens is 340 g/mol. The molecule has 0 bridgehead atoms. The van der Waals surface area contributed by atoms with Crippen molar-refractivity contribution in [3.8, 4) is 0 Å². The Kier molecular flexibility index (Phi) is 6.35. The van der Waals surface area contributed by atoms with Gasteiger partial charge in [-0.25, -0.2) is 4.98 Å². The van der Waals surface area contributed by atoms with Crippen molar-refractivity contribution in [2.75, 3.05) is 5.75 Å². The summed E-state index contributed by atoms with van der Waals surface area (Å²) in [5, 5.41) is 0.375. The maximum absolute atomic E-state index is 12.0. The lowest BCUT2D eigenvalue weighted by atomic mass is 10.1. The SMILES string of the molecule is CCc1c(C)nc(SCC(=O)NNC(=O)c2ccccc2C)[nH]c1=O. The number of hydrogen-bond acceptors (Lipinski definition) is 5. The highest BCUT2D eigenvalue weighted by atomic mass is 32.2. The van der Waals surface area contributed by atoms with Crippen molar-refractivity contribution < 1.29 is 9.59 Å². The number of nitrogens with zero attached hydrogens (tertiary/aromatic N) is 1. The third-order valence-corrected chi connectivity index (χ3v) is 4.47. The van der Waals surface area contributed by atoms with Gasteiger partial charge >= 0.3 is 0 Å². The normalized spacial score (nSPS) is 10.4. The number of aromatic nitrogens is 2. The average Bonchev–Trinajstić information content (AvgIpc) is 2.58. The van der Waals surface area contributed by atoms with E-state index in [1.807, 2.05) is 26.0 Å². The van der Waals surface area contributed by atoms with Gasteiger partial charge in [-0.05, 0) is 31.9 Å². The second kappa shape index (κ2) is 8.48. The van der Waals surface area contributed by atoms with Crippen LogP contribution in [0.1, 0.15) is 34.1 Å². The van der Waals surface area contributed by atoms with Crippen LogP contribution in [0.15, 0.2) is 34.2 Å². The standard InChI is InChI=1S/C17H20N4O3S/c1-4-12-11(3)18-17(19-15(12)23)25-9-14(22)20-21-16(24)13-8-6-5-7-10(13)2/h5-8H,4,9H2,1-3H3,(H,20,22)(H,21,24)(H,18,19,23). The number of H-pyrrole nitrogens is 1. The number of benzene rings is 1. The second-order valence-electron chi connectivity index (χ2n) is 5.39. The first-order valence-corrected chi connectivity index (χ1v) is 8.78. The lowest BCUT2D eigenvalue weighted by Crippen LogP contribution is -2.42. The minimum Gasteiger partial charge on any atom is -0.301 e. The molecule has 8 heteroatoms. The molecule has 2 aromatic rings. The van der Waals surface area contributed by atoms with Gasteiger partial charge in [-0.3, -0.25) is 25.2 Å². The molecule has 0 aliphatic carbocycles. The fourth-order valence-corrected chi connectivity index (χ4v) is 2.97. The van der Waals surface area contributed by atoms with Gasteiger partial charge in [0.05, 0.1) is 5.75 Å². The van der Waals surface area contributed by atoms with Gasteiger partial charge in [0.2, 0.25) is 5.91 Å². The highest BCUT2D eigenvalue weighted by Gasteiger charge is 2.11. The van der Waals surface area contributed by atoms with Crippen LogP contribution in [0.2, 0.25) is 0 Å². The van der Waals surface area contributed by atoms with Gasteiger partial charge in [0.15, 0.2) is 5.16 Å². The van der Waals surface area contributed by atoms with Crippen LogP contribution in [0.5, 0.6) is 0 Å². The molecule has 2 amide bonds. The first kappa shape index (κ1) is 18.7. The van der Waals surface area contributed by atoms with E-state index >= 15 is 0 Å². The third kappa shape index (κ3) is 4.93.